The Kier molecular flexibility index (Phi) is 6.38. The lowest BCUT2D eigenvalue weighted by atomic mass is 10.1. The number of hydrogen-bond acceptors (Lipinski definition) is 6. The van der Waals surface area contributed by atoms with Gasteiger partial charge in [0.05, 0.1) is 10.6 Å². The SMILES string of the molecule is CC(F)C(=O)Nc1c(OCC(F)(F)F)ccc(C(=O)Nc2nnnn2C)c1Cl. The molecule has 14 heteroatoms. The molecule has 0 aliphatic rings. The quantitative estimate of drug-likeness (QED) is 0.689. The second kappa shape index (κ2) is 8.37. The average molecular weight is 425 g/mol. The maximum Gasteiger partial charge on any atom is 0.422 e. The standard InChI is InChI=1S/C14H13ClF4N6O3/c1-6(16)11(26)20-10-8(28-5-14(17,18)19)4-3-7(9(10)15)12(27)21-13-22-23-24-25(13)2/h3-4,6H,5H2,1-2H3,(H,20,26)(H,21,22,24,27). The van der Waals surface area contributed by atoms with Crippen molar-refractivity contribution < 1.29 is 31.9 Å². The summed E-state index contributed by atoms with van der Waals surface area (Å²) >= 11 is 6.07. The maximum atomic E-state index is 13.2. The number of amides is 2. The number of tetrazole rings is 1. The summed E-state index contributed by atoms with van der Waals surface area (Å²) in [5.41, 5.74) is -0.727. The number of benzene rings is 1. The molecule has 1 atom stereocenters. The maximum absolute atomic E-state index is 13.2. The molecule has 0 aliphatic carbocycles. The molecular weight excluding hydrogens is 412 g/mol. The first-order chi connectivity index (χ1) is 13.0. The van der Waals surface area contributed by atoms with Crippen LogP contribution in [0.5, 0.6) is 5.75 Å². The monoisotopic (exact) mass is 424 g/mol. The molecule has 2 aromatic rings. The Morgan fingerprint density at radius 1 is 1.32 bits per heavy atom. The minimum absolute atomic E-state index is 0.0403. The molecule has 1 aromatic heterocycles. The van der Waals surface area contributed by atoms with E-state index < -0.39 is 47.2 Å². The summed E-state index contributed by atoms with van der Waals surface area (Å²) in [6.45, 7) is -0.773. The van der Waals surface area contributed by atoms with E-state index in [1.165, 1.54) is 7.05 Å². The summed E-state index contributed by atoms with van der Waals surface area (Å²) in [6.07, 6.45) is -6.66. The van der Waals surface area contributed by atoms with Gasteiger partial charge in [0, 0.05) is 7.05 Å². The Morgan fingerprint density at radius 2 is 2.00 bits per heavy atom. The number of aryl methyl sites for hydroxylation is 1. The third-order valence-corrected chi connectivity index (χ3v) is 3.59. The summed E-state index contributed by atoms with van der Waals surface area (Å²) in [5, 5.41) is 14.2. The van der Waals surface area contributed by atoms with Crippen molar-refractivity contribution >= 4 is 35.1 Å². The zero-order valence-electron chi connectivity index (χ0n) is 14.3. The first-order valence-corrected chi connectivity index (χ1v) is 7.88. The second-order valence-corrected chi connectivity index (χ2v) is 5.77. The van der Waals surface area contributed by atoms with E-state index in [0.717, 1.165) is 23.7 Å². The van der Waals surface area contributed by atoms with Crippen molar-refractivity contribution in [1.29, 1.82) is 0 Å². The van der Waals surface area contributed by atoms with Crippen molar-refractivity contribution in [3.8, 4) is 5.75 Å². The molecule has 1 unspecified atom stereocenters. The van der Waals surface area contributed by atoms with Gasteiger partial charge < -0.3 is 10.1 Å². The van der Waals surface area contributed by atoms with E-state index in [1.54, 1.807) is 0 Å². The Labute approximate surface area is 160 Å². The van der Waals surface area contributed by atoms with Crippen LogP contribution in [0.15, 0.2) is 12.1 Å². The number of nitrogens with one attached hydrogen (secondary N) is 2. The van der Waals surface area contributed by atoms with Gasteiger partial charge in [-0.1, -0.05) is 16.7 Å². The number of carbonyl (C=O) groups excluding carboxylic acids is 2. The van der Waals surface area contributed by atoms with Gasteiger partial charge in [-0.3, -0.25) is 14.9 Å². The largest absolute Gasteiger partial charge is 0.482 e. The fraction of sp³-hybridized carbons (Fsp3) is 0.357. The van der Waals surface area contributed by atoms with Gasteiger partial charge in [-0.05, 0) is 29.5 Å². The number of alkyl halides is 4. The molecule has 1 aromatic carbocycles. The first-order valence-electron chi connectivity index (χ1n) is 7.50. The van der Waals surface area contributed by atoms with Gasteiger partial charge in [-0.15, -0.1) is 0 Å². The van der Waals surface area contributed by atoms with Gasteiger partial charge in [0.15, 0.2) is 12.8 Å². The number of anilines is 2. The Morgan fingerprint density at radius 3 is 2.54 bits per heavy atom. The highest BCUT2D eigenvalue weighted by Crippen LogP contribution is 2.36. The molecule has 152 valence electrons. The highest BCUT2D eigenvalue weighted by atomic mass is 35.5. The fourth-order valence-corrected chi connectivity index (χ4v) is 2.15. The molecule has 0 fully saturated rings. The van der Waals surface area contributed by atoms with Gasteiger partial charge in [-0.2, -0.15) is 13.2 Å². The van der Waals surface area contributed by atoms with E-state index in [9.17, 15) is 27.2 Å². The number of carbonyl (C=O) groups is 2. The van der Waals surface area contributed by atoms with Gasteiger partial charge in [0.1, 0.15) is 11.4 Å². The van der Waals surface area contributed by atoms with Crippen LogP contribution in [0.1, 0.15) is 17.3 Å². The van der Waals surface area contributed by atoms with Crippen LogP contribution in [-0.2, 0) is 11.8 Å². The molecule has 0 saturated carbocycles. The van der Waals surface area contributed by atoms with Crippen molar-refractivity contribution in [2.45, 2.75) is 19.3 Å². The molecule has 9 nitrogen and oxygen atoms in total. The number of halogens is 5. The Bertz CT molecular complexity index is 886. The van der Waals surface area contributed by atoms with Gasteiger partial charge in [0.2, 0.25) is 5.95 Å². The lowest BCUT2D eigenvalue weighted by Gasteiger charge is -2.17. The number of aromatic nitrogens is 4. The van der Waals surface area contributed by atoms with E-state index in [2.05, 4.69) is 25.6 Å². The third-order valence-electron chi connectivity index (χ3n) is 3.19. The van der Waals surface area contributed by atoms with Crippen molar-refractivity contribution in [2.75, 3.05) is 17.2 Å². The number of rotatable bonds is 6. The summed E-state index contributed by atoms with van der Waals surface area (Å²) < 4.78 is 56.2. The van der Waals surface area contributed by atoms with Crippen LogP contribution >= 0.6 is 11.6 Å². The zero-order chi connectivity index (χ0) is 21.1. The normalized spacial score (nSPS) is 12.4. The van der Waals surface area contributed by atoms with Crippen molar-refractivity contribution in [2.24, 2.45) is 7.05 Å². The second-order valence-electron chi connectivity index (χ2n) is 5.39. The predicted molar refractivity (Wildman–Crippen MR) is 89.0 cm³/mol. The van der Waals surface area contributed by atoms with Gasteiger partial charge in [-0.25, -0.2) is 9.07 Å². The number of ether oxygens (including phenoxy) is 1. The molecule has 0 saturated heterocycles. The number of nitrogens with zero attached hydrogens (tertiary/aromatic N) is 4. The molecule has 0 aliphatic heterocycles. The fourth-order valence-electron chi connectivity index (χ4n) is 1.86. The minimum atomic E-state index is -4.67. The molecule has 2 N–H and O–H groups in total. The van der Waals surface area contributed by atoms with Crippen LogP contribution in [-0.4, -0.2) is 51.0 Å². The summed E-state index contributed by atoms with van der Waals surface area (Å²) in [7, 11) is 1.44. The third kappa shape index (κ3) is 5.28. The average Bonchev–Trinajstić information content (AvgIpc) is 2.99. The highest BCUT2D eigenvalue weighted by Gasteiger charge is 2.30. The molecule has 0 radical (unpaired) electrons. The van der Waals surface area contributed by atoms with E-state index in [0.29, 0.717) is 0 Å². The molecular formula is C14H13ClF4N6O3. The van der Waals surface area contributed by atoms with E-state index in [1.807, 2.05) is 5.32 Å². The summed E-state index contributed by atoms with van der Waals surface area (Å²) in [5.74, 6) is -2.54. The van der Waals surface area contributed by atoms with Gasteiger partial charge >= 0.3 is 6.18 Å². The van der Waals surface area contributed by atoms with Crippen LogP contribution in [0.4, 0.5) is 29.2 Å². The molecule has 0 spiro atoms. The summed E-state index contributed by atoms with van der Waals surface area (Å²) in [6, 6.07) is 2.06. The molecule has 1 heterocycles. The lowest BCUT2D eigenvalue weighted by Crippen LogP contribution is -2.24. The first kappa shape index (κ1) is 21.3. The van der Waals surface area contributed by atoms with Crippen LogP contribution in [0, 0.1) is 0 Å². The van der Waals surface area contributed by atoms with Crippen LogP contribution in [0.2, 0.25) is 5.02 Å². The van der Waals surface area contributed by atoms with E-state index in [-0.39, 0.29) is 11.5 Å². The van der Waals surface area contributed by atoms with Crippen LogP contribution in [0.3, 0.4) is 0 Å². The van der Waals surface area contributed by atoms with Crippen molar-refractivity contribution in [3.63, 3.8) is 0 Å². The summed E-state index contributed by atoms with van der Waals surface area (Å²) in [4.78, 5) is 24.0. The van der Waals surface area contributed by atoms with Gasteiger partial charge in [0.25, 0.3) is 11.8 Å². The van der Waals surface area contributed by atoms with Crippen LogP contribution < -0.4 is 15.4 Å². The molecule has 2 amide bonds. The van der Waals surface area contributed by atoms with Crippen molar-refractivity contribution in [3.05, 3.63) is 22.7 Å². The molecule has 28 heavy (non-hydrogen) atoms. The Balaban J connectivity index is 2.38. The van der Waals surface area contributed by atoms with Crippen molar-refractivity contribution in [1.82, 2.24) is 20.2 Å². The molecule has 0 bridgehead atoms. The van der Waals surface area contributed by atoms with Crippen LogP contribution in [0.25, 0.3) is 0 Å². The minimum Gasteiger partial charge on any atom is -0.482 e. The zero-order valence-corrected chi connectivity index (χ0v) is 15.1. The van der Waals surface area contributed by atoms with E-state index in [4.69, 9.17) is 11.6 Å². The molecule has 2 rings (SSSR count). The lowest BCUT2D eigenvalue weighted by molar-refractivity contribution is -0.153. The smallest absolute Gasteiger partial charge is 0.422 e. The van der Waals surface area contributed by atoms with E-state index >= 15 is 0 Å². The highest BCUT2D eigenvalue weighted by molar-refractivity contribution is 6.37. The predicted octanol–water partition coefficient (Wildman–Crippen LogP) is 2.35. The topological polar surface area (TPSA) is 111 Å². The Hall–Kier alpha value is -2.96. The number of hydrogen-bond donors (Lipinski definition) is 2.